The molecule has 0 bridgehead atoms. The highest BCUT2D eigenvalue weighted by atomic mass is 79.9. The standard InChI is InChI=1S/C13H13BrN2O2/c14-11-4-1-10(2-5-11)3-6-13(18)16-8-7-15-12(17)9-16/h1-6H,7-9H2,(H,15,17). The number of rotatable bonds is 2. The first-order chi connectivity index (χ1) is 8.65. The maximum absolute atomic E-state index is 11.8. The van der Waals surface area contributed by atoms with Crippen molar-refractivity contribution in [2.75, 3.05) is 19.6 Å². The van der Waals surface area contributed by atoms with Crippen LogP contribution in [0.15, 0.2) is 34.8 Å². The van der Waals surface area contributed by atoms with Gasteiger partial charge in [-0.25, -0.2) is 0 Å². The van der Waals surface area contributed by atoms with Crippen LogP contribution in [0.4, 0.5) is 0 Å². The fourth-order valence-corrected chi connectivity index (χ4v) is 1.94. The van der Waals surface area contributed by atoms with Crippen LogP contribution in [0.5, 0.6) is 0 Å². The van der Waals surface area contributed by atoms with Gasteiger partial charge in [-0.15, -0.1) is 0 Å². The lowest BCUT2D eigenvalue weighted by Crippen LogP contribution is -2.49. The van der Waals surface area contributed by atoms with E-state index in [1.807, 2.05) is 24.3 Å². The van der Waals surface area contributed by atoms with E-state index in [0.29, 0.717) is 13.1 Å². The molecule has 1 fully saturated rings. The molecule has 0 radical (unpaired) electrons. The third-order valence-corrected chi connectivity index (χ3v) is 3.17. The molecule has 1 saturated heterocycles. The van der Waals surface area contributed by atoms with Crippen molar-refractivity contribution < 1.29 is 9.59 Å². The van der Waals surface area contributed by atoms with Crippen molar-refractivity contribution in [3.8, 4) is 0 Å². The molecule has 0 spiro atoms. The second-order valence-corrected chi connectivity index (χ2v) is 4.91. The summed E-state index contributed by atoms with van der Waals surface area (Å²) in [7, 11) is 0. The number of halogens is 1. The monoisotopic (exact) mass is 308 g/mol. The summed E-state index contributed by atoms with van der Waals surface area (Å²) < 4.78 is 0.999. The van der Waals surface area contributed by atoms with Gasteiger partial charge < -0.3 is 10.2 Å². The van der Waals surface area contributed by atoms with Gasteiger partial charge in [0.25, 0.3) is 0 Å². The van der Waals surface area contributed by atoms with Gasteiger partial charge >= 0.3 is 0 Å². The molecular weight excluding hydrogens is 296 g/mol. The van der Waals surface area contributed by atoms with Crippen molar-refractivity contribution in [1.82, 2.24) is 10.2 Å². The summed E-state index contributed by atoms with van der Waals surface area (Å²) in [4.78, 5) is 24.5. The number of carbonyl (C=O) groups excluding carboxylic acids is 2. The summed E-state index contributed by atoms with van der Waals surface area (Å²) in [5.41, 5.74) is 0.952. The predicted octanol–water partition coefficient (Wildman–Crippen LogP) is 1.42. The van der Waals surface area contributed by atoms with Crippen LogP contribution >= 0.6 is 15.9 Å². The second kappa shape index (κ2) is 5.82. The Hall–Kier alpha value is -1.62. The number of hydrogen-bond donors (Lipinski definition) is 1. The molecule has 0 atom stereocenters. The minimum Gasteiger partial charge on any atom is -0.353 e. The van der Waals surface area contributed by atoms with Gasteiger partial charge in [0.05, 0.1) is 6.54 Å². The van der Waals surface area contributed by atoms with Crippen LogP contribution in [0.2, 0.25) is 0 Å². The minimum atomic E-state index is -0.132. The van der Waals surface area contributed by atoms with Gasteiger partial charge in [-0.2, -0.15) is 0 Å². The van der Waals surface area contributed by atoms with Crippen LogP contribution in [-0.2, 0) is 9.59 Å². The van der Waals surface area contributed by atoms with Crippen molar-refractivity contribution in [1.29, 1.82) is 0 Å². The number of nitrogens with one attached hydrogen (secondary N) is 1. The Morgan fingerprint density at radius 1 is 1.33 bits per heavy atom. The lowest BCUT2D eigenvalue weighted by atomic mass is 10.2. The van der Waals surface area contributed by atoms with Crippen LogP contribution in [-0.4, -0.2) is 36.3 Å². The second-order valence-electron chi connectivity index (χ2n) is 3.99. The van der Waals surface area contributed by atoms with E-state index in [1.165, 1.54) is 11.0 Å². The molecule has 1 aromatic carbocycles. The highest BCUT2D eigenvalue weighted by Crippen LogP contribution is 2.11. The van der Waals surface area contributed by atoms with E-state index >= 15 is 0 Å². The number of amides is 2. The van der Waals surface area contributed by atoms with Crippen LogP contribution in [0.25, 0.3) is 6.08 Å². The van der Waals surface area contributed by atoms with Gasteiger partial charge in [0.1, 0.15) is 0 Å². The fourth-order valence-electron chi connectivity index (χ4n) is 1.67. The highest BCUT2D eigenvalue weighted by molar-refractivity contribution is 9.10. The number of carbonyl (C=O) groups is 2. The smallest absolute Gasteiger partial charge is 0.247 e. The SMILES string of the molecule is O=C1CN(C(=O)C=Cc2ccc(Br)cc2)CCN1. The number of piperazine rings is 1. The molecule has 0 unspecified atom stereocenters. The normalized spacial score (nSPS) is 15.8. The molecule has 1 aliphatic rings. The van der Waals surface area contributed by atoms with Gasteiger partial charge in [-0.05, 0) is 23.8 Å². The largest absolute Gasteiger partial charge is 0.353 e. The van der Waals surface area contributed by atoms with E-state index in [2.05, 4.69) is 21.2 Å². The van der Waals surface area contributed by atoms with E-state index < -0.39 is 0 Å². The molecule has 2 rings (SSSR count). The van der Waals surface area contributed by atoms with Crippen molar-refractivity contribution in [2.24, 2.45) is 0 Å². The Morgan fingerprint density at radius 3 is 2.72 bits per heavy atom. The Morgan fingerprint density at radius 2 is 2.06 bits per heavy atom. The van der Waals surface area contributed by atoms with E-state index in [0.717, 1.165) is 10.0 Å². The zero-order valence-electron chi connectivity index (χ0n) is 9.73. The average molecular weight is 309 g/mol. The minimum absolute atomic E-state index is 0.105. The fraction of sp³-hybridized carbons (Fsp3) is 0.231. The predicted molar refractivity (Wildman–Crippen MR) is 72.8 cm³/mol. The Kier molecular flexibility index (Phi) is 4.15. The first-order valence-corrected chi connectivity index (χ1v) is 6.44. The zero-order chi connectivity index (χ0) is 13.0. The summed E-state index contributed by atoms with van der Waals surface area (Å²) >= 11 is 3.35. The van der Waals surface area contributed by atoms with Crippen LogP contribution in [0, 0.1) is 0 Å². The molecule has 0 aliphatic carbocycles. The first kappa shape index (κ1) is 12.8. The molecule has 1 aliphatic heterocycles. The summed E-state index contributed by atoms with van der Waals surface area (Å²) in [5, 5.41) is 2.68. The van der Waals surface area contributed by atoms with Crippen LogP contribution < -0.4 is 5.32 Å². The summed E-state index contributed by atoms with van der Waals surface area (Å²) in [6.07, 6.45) is 3.25. The third-order valence-electron chi connectivity index (χ3n) is 2.64. The third kappa shape index (κ3) is 3.43. The van der Waals surface area contributed by atoms with Crippen molar-refractivity contribution in [3.05, 3.63) is 40.4 Å². The number of hydrogen-bond acceptors (Lipinski definition) is 2. The Balaban J connectivity index is 1.98. The quantitative estimate of drug-likeness (QED) is 0.840. The maximum atomic E-state index is 11.8. The highest BCUT2D eigenvalue weighted by Gasteiger charge is 2.18. The van der Waals surface area contributed by atoms with Gasteiger partial charge in [0.15, 0.2) is 0 Å². The molecule has 1 N–H and O–H groups in total. The molecule has 94 valence electrons. The van der Waals surface area contributed by atoms with Gasteiger partial charge in [0, 0.05) is 23.6 Å². The molecule has 0 saturated carbocycles. The maximum Gasteiger partial charge on any atom is 0.247 e. The van der Waals surface area contributed by atoms with Crippen LogP contribution in [0.3, 0.4) is 0 Å². The summed E-state index contributed by atoms with van der Waals surface area (Å²) in [5.74, 6) is -0.237. The molecule has 1 heterocycles. The molecular formula is C13H13BrN2O2. The van der Waals surface area contributed by atoms with Gasteiger partial charge in [-0.1, -0.05) is 28.1 Å². The van der Waals surface area contributed by atoms with Crippen molar-refractivity contribution in [3.63, 3.8) is 0 Å². The summed E-state index contributed by atoms with van der Waals surface area (Å²) in [6, 6.07) is 7.66. The van der Waals surface area contributed by atoms with Crippen molar-refractivity contribution in [2.45, 2.75) is 0 Å². The molecule has 2 amide bonds. The molecule has 1 aromatic rings. The number of benzene rings is 1. The molecule has 18 heavy (non-hydrogen) atoms. The molecule has 0 aromatic heterocycles. The van der Waals surface area contributed by atoms with Crippen molar-refractivity contribution >= 4 is 33.8 Å². The first-order valence-electron chi connectivity index (χ1n) is 5.64. The van der Waals surface area contributed by atoms with Gasteiger partial charge in [-0.3, -0.25) is 9.59 Å². The number of nitrogens with zero attached hydrogens (tertiary/aromatic N) is 1. The Bertz CT molecular complexity index is 482. The molecule has 4 nitrogen and oxygen atoms in total. The molecule has 5 heteroatoms. The topological polar surface area (TPSA) is 49.4 Å². The van der Waals surface area contributed by atoms with E-state index in [-0.39, 0.29) is 18.4 Å². The Labute approximate surface area is 114 Å². The lowest BCUT2D eigenvalue weighted by Gasteiger charge is -2.25. The summed E-state index contributed by atoms with van der Waals surface area (Å²) in [6.45, 7) is 1.23. The van der Waals surface area contributed by atoms with Crippen LogP contribution in [0.1, 0.15) is 5.56 Å². The van der Waals surface area contributed by atoms with E-state index in [4.69, 9.17) is 0 Å². The zero-order valence-corrected chi connectivity index (χ0v) is 11.3. The van der Waals surface area contributed by atoms with E-state index in [1.54, 1.807) is 6.08 Å². The van der Waals surface area contributed by atoms with E-state index in [9.17, 15) is 9.59 Å². The van der Waals surface area contributed by atoms with Gasteiger partial charge in [0.2, 0.25) is 11.8 Å². The average Bonchev–Trinajstić information content (AvgIpc) is 2.38. The lowest BCUT2D eigenvalue weighted by molar-refractivity contribution is -0.134.